The molecule has 0 bridgehead atoms. The fourth-order valence-corrected chi connectivity index (χ4v) is 5.81. The molecule has 1 saturated carbocycles. The molecule has 8 nitrogen and oxygen atoms in total. The van der Waals surface area contributed by atoms with Crippen LogP contribution in [-0.4, -0.2) is 41.6 Å². The topological polar surface area (TPSA) is 112 Å². The summed E-state index contributed by atoms with van der Waals surface area (Å²) in [5.41, 5.74) is 13.7. The fourth-order valence-electron chi connectivity index (χ4n) is 5.81. The van der Waals surface area contributed by atoms with Gasteiger partial charge in [-0.2, -0.15) is 0 Å². The molecule has 39 heavy (non-hydrogen) atoms. The number of rotatable bonds is 11. The molecule has 5 N–H and O–H groups in total. The largest absolute Gasteiger partial charge is 0.382 e. The van der Waals surface area contributed by atoms with Crippen LogP contribution in [0.2, 0.25) is 0 Å². The van der Waals surface area contributed by atoms with Gasteiger partial charge in [-0.15, -0.1) is 5.10 Å². The van der Waals surface area contributed by atoms with Crippen LogP contribution < -0.4 is 22.0 Å². The molecular formula is C31H45N7O. The molecule has 0 radical (unpaired) electrons. The molecule has 0 spiro atoms. The number of nitrogens with zero attached hydrogens (tertiary/aromatic N) is 4. The lowest BCUT2D eigenvalue weighted by molar-refractivity contribution is -0.115. The van der Waals surface area contributed by atoms with Crippen molar-refractivity contribution in [2.45, 2.75) is 90.1 Å². The number of hydrazone groups is 1. The molecule has 1 aliphatic heterocycles. The van der Waals surface area contributed by atoms with E-state index >= 15 is 0 Å². The average Bonchev–Trinajstić information content (AvgIpc) is 3.40. The van der Waals surface area contributed by atoms with Crippen LogP contribution in [0.15, 0.2) is 52.6 Å². The zero-order valence-electron chi connectivity index (χ0n) is 23.7. The molecule has 0 unspecified atom stereocenters. The van der Waals surface area contributed by atoms with Crippen molar-refractivity contribution < 1.29 is 4.79 Å². The molecule has 2 aromatic rings. The highest BCUT2D eigenvalue weighted by molar-refractivity contribution is 6.04. The van der Waals surface area contributed by atoms with Gasteiger partial charge in [0.2, 0.25) is 6.41 Å². The number of anilines is 1. The zero-order valence-corrected chi connectivity index (χ0v) is 23.7. The standard InChI is InChI=1S/C31H45N7O/c1-3-4-10-29(34-31(2)17-6-7-18-31)38(23-39)22-24-11-13-25(14-12-24)28-21-26(37-19-8-5-9-20-37)15-16-27(28)30(32)35-36-33/h11-16,21,23,36H,3-10,17-20,22,33H2,1-2H3,(H2,32,35). The van der Waals surface area contributed by atoms with E-state index in [0.29, 0.717) is 12.4 Å². The number of carbonyl (C=O) groups excluding carboxylic acids is 1. The summed E-state index contributed by atoms with van der Waals surface area (Å²) in [5, 5.41) is 4.03. The molecule has 1 aliphatic carbocycles. The van der Waals surface area contributed by atoms with Gasteiger partial charge in [0.15, 0.2) is 5.84 Å². The summed E-state index contributed by atoms with van der Waals surface area (Å²) in [6.45, 7) is 7.04. The molecule has 8 heteroatoms. The van der Waals surface area contributed by atoms with E-state index in [1.165, 1.54) is 37.8 Å². The normalized spacial score (nSPS) is 17.8. The van der Waals surface area contributed by atoms with E-state index in [2.05, 4.69) is 65.8 Å². The maximum absolute atomic E-state index is 12.2. The van der Waals surface area contributed by atoms with Crippen LogP contribution in [0.1, 0.15) is 89.2 Å². The Bertz CT molecular complexity index is 1150. The Balaban J connectivity index is 1.60. The van der Waals surface area contributed by atoms with Crippen LogP contribution in [0, 0.1) is 0 Å². The van der Waals surface area contributed by atoms with Gasteiger partial charge in [0, 0.05) is 30.8 Å². The van der Waals surface area contributed by atoms with E-state index < -0.39 is 0 Å². The van der Waals surface area contributed by atoms with Gasteiger partial charge in [-0.05, 0) is 80.3 Å². The van der Waals surface area contributed by atoms with Crippen LogP contribution in [0.25, 0.3) is 11.1 Å². The van der Waals surface area contributed by atoms with E-state index in [9.17, 15) is 4.79 Å². The van der Waals surface area contributed by atoms with Crippen molar-refractivity contribution in [3.05, 3.63) is 53.6 Å². The van der Waals surface area contributed by atoms with Crippen molar-refractivity contribution in [2.24, 2.45) is 21.7 Å². The first kappa shape index (κ1) is 28.6. The number of unbranched alkanes of at least 4 members (excludes halogenated alkanes) is 1. The lowest BCUT2D eigenvalue weighted by Crippen LogP contribution is -2.32. The van der Waals surface area contributed by atoms with Crippen LogP contribution in [0.5, 0.6) is 0 Å². The molecule has 1 heterocycles. The molecule has 1 saturated heterocycles. The van der Waals surface area contributed by atoms with Crippen LogP contribution in [-0.2, 0) is 11.3 Å². The van der Waals surface area contributed by atoms with Crippen molar-refractivity contribution in [3.63, 3.8) is 0 Å². The fraction of sp³-hybridized carbons (Fsp3) is 0.516. The Labute approximate surface area is 233 Å². The van der Waals surface area contributed by atoms with Gasteiger partial charge in [0.1, 0.15) is 5.84 Å². The van der Waals surface area contributed by atoms with Crippen molar-refractivity contribution in [1.82, 2.24) is 10.4 Å². The van der Waals surface area contributed by atoms with E-state index in [0.717, 1.165) is 79.7 Å². The minimum absolute atomic E-state index is 0.0517. The average molecular weight is 532 g/mol. The summed E-state index contributed by atoms with van der Waals surface area (Å²) in [6.07, 6.45) is 12.2. The highest BCUT2D eigenvalue weighted by atomic mass is 16.1. The predicted molar refractivity (Wildman–Crippen MR) is 161 cm³/mol. The van der Waals surface area contributed by atoms with Gasteiger partial charge in [-0.3, -0.25) is 14.7 Å². The minimum Gasteiger partial charge on any atom is -0.382 e. The van der Waals surface area contributed by atoms with E-state index in [1.807, 2.05) is 6.07 Å². The number of amidine groups is 2. The Morgan fingerprint density at radius 3 is 2.44 bits per heavy atom. The summed E-state index contributed by atoms with van der Waals surface area (Å²) < 4.78 is 0. The van der Waals surface area contributed by atoms with Crippen molar-refractivity contribution >= 4 is 23.8 Å². The summed E-state index contributed by atoms with van der Waals surface area (Å²) in [6, 6.07) is 14.7. The molecule has 2 aliphatic rings. The number of amides is 1. The Morgan fingerprint density at radius 1 is 1.08 bits per heavy atom. The van der Waals surface area contributed by atoms with Crippen LogP contribution in [0.3, 0.4) is 0 Å². The molecular weight excluding hydrogens is 486 g/mol. The number of hydrogen-bond acceptors (Lipinski definition) is 6. The van der Waals surface area contributed by atoms with Gasteiger partial charge in [-0.1, -0.05) is 50.5 Å². The third-order valence-corrected chi connectivity index (χ3v) is 8.10. The monoisotopic (exact) mass is 531 g/mol. The number of nitrogens with two attached hydrogens (primary N) is 2. The lowest BCUT2D eigenvalue weighted by atomic mass is 9.96. The molecule has 2 aromatic carbocycles. The molecule has 1 amide bonds. The summed E-state index contributed by atoms with van der Waals surface area (Å²) in [5.74, 6) is 6.68. The van der Waals surface area contributed by atoms with Crippen molar-refractivity contribution in [3.8, 4) is 11.1 Å². The lowest BCUT2D eigenvalue weighted by Gasteiger charge is -2.29. The first-order valence-corrected chi connectivity index (χ1v) is 14.5. The van der Waals surface area contributed by atoms with Gasteiger partial charge >= 0.3 is 0 Å². The second-order valence-electron chi connectivity index (χ2n) is 11.2. The first-order chi connectivity index (χ1) is 19.0. The number of nitrogens with one attached hydrogen (secondary N) is 1. The maximum atomic E-state index is 12.2. The second-order valence-corrected chi connectivity index (χ2v) is 11.2. The zero-order chi connectivity index (χ0) is 27.7. The molecule has 4 rings (SSSR count). The van der Waals surface area contributed by atoms with Gasteiger partial charge in [0.25, 0.3) is 0 Å². The van der Waals surface area contributed by atoms with Crippen molar-refractivity contribution in [2.75, 3.05) is 18.0 Å². The predicted octanol–water partition coefficient (Wildman–Crippen LogP) is 5.31. The molecule has 2 fully saturated rings. The highest BCUT2D eigenvalue weighted by Crippen LogP contribution is 2.34. The number of aliphatic imine (C=N–C) groups is 1. The van der Waals surface area contributed by atoms with E-state index in [4.69, 9.17) is 16.6 Å². The highest BCUT2D eigenvalue weighted by Gasteiger charge is 2.29. The summed E-state index contributed by atoms with van der Waals surface area (Å²) >= 11 is 0. The number of benzene rings is 2. The van der Waals surface area contributed by atoms with Crippen LogP contribution in [0.4, 0.5) is 5.69 Å². The SMILES string of the molecule is CCCCC(=NC1(C)CCCC1)N(C=O)Cc1ccc(-c2cc(N3CCCCC3)ccc2/C(N)=N/NN)cc1. The summed E-state index contributed by atoms with van der Waals surface area (Å²) in [7, 11) is 0. The molecule has 0 aromatic heterocycles. The van der Waals surface area contributed by atoms with Crippen LogP contribution >= 0.6 is 0 Å². The first-order valence-electron chi connectivity index (χ1n) is 14.5. The summed E-state index contributed by atoms with van der Waals surface area (Å²) in [4.78, 5) is 21.6. The number of carbonyl (C=O) groups is 1. The van der Waals surface area contributed by atoms with Gasteiger partial charge < -0.3 is 10.6 Å². The van der Waals surface area contributed by atoms with Gasteiger partial charge in [-0.25, -0.2) is 11.4 Å². The minimum atomic E-state index is -0.0517. The van der Waals surface area contributed by atoms with Gasteiger partial charge in [0.05, 0.1) is 12.1 Å². The second kappa shape index (κ2) is 13.6. The molecule has 210 valence electrons. The van der Waals surface area contributed by atoms with E-state index in [1.54, 1.807) is 4.90 Å². The molecule has 0 atom stereocenters. The number of piperidine rings is 1. The van der Waals surface area contributed by atoms with Crippen molar-refractivity contribution in [1.29, 1.82) is 0 Å². The maximum Gasteiger partial charge on any atom is 0.215 e. The Morgan fingerprint density at radius 2 is 1.79 bits per heavy atom. The number of hydrogen-bond donors (Lipinski definition) is 3. The smallest absolute Gasteiger partial charge is 0.215 e. The third kappa shape index (κ3) is 7.38. The Kier molecular flexibility index (Phi) is 9.98. The third-order valence-electron chi connectivity index (χ3n) is 8.10. The van der Waals surface area contributed by atoms with E-state index in [-0.39, 0.29) is 5.54 Å². The number of hydrazine groups is 1. The Hall–Kier alpha value is -3.39. The quantitative estimate of drug-likeness (QED) is 0.120.